The number of nitrogens with zero attached hydrogens (tertiary/aromatic N) is 4. The minimum absolute atomic E-state index is 0.284. The van der Waals surface area contributed by atoms with E-state index in [-0.39, 0.29) is 11.8 Å². The molecule has 0 amide bonds. The van der Waals surface area contributed by atoms with Crippen LogP contribution < -0.4 is 0 Å². The van der Waals surface area contributed by atoms with Crippen LogP contribution in [0.15, 0.2) is 68.5 Å². The quantitative estimate of drug-likeness (QED) is 0.239. The number of carbonyl (C=O) groups is 2. The summed E-state index contributed by atoms with van der Waals surface area (Å²) in [6.45, 7) is 1.21. The van der Waals surface area contributed by atoms with E-state index in [4.69, 9.17) is 32.7 Å². The molecule has 2 heterocycles. The van der Waals surface area contributed by atoms with E-state index in [1.165, 1.54) is 12.4 Å². The van der Waals surface area contributed by atoms with Crippen molar-refractivity contribution >= 4 is 59.4 Å². The first-order valence-corrected chi connectivity index (χ1v) is 12.4. The number of aliphatic imine (C=N–C) groups is 4. The average Bonchev–Trinajstić information content (AvgIpc) is 3.43. The molecular weight excluding hydrogens is 503 g/mol. The number of rotatable bonds is 11. The molecule has 2 aliphatic heterocycles. The standard InChI is InChI=1S/C26H24Cl2N4O4/c27-19-9-5-17(6-10-19)23-31-21(25(33)35-23)15-29-13-3-1-2-4-14-30-16-22-26(34)36-24(32-22)18-7-11-20(28)12-8-18/h5-12,15-16,21-22H,1-4,13-14H2. The average molecular weight is 527 g/mol. The van der Waals surface area contributed by atoms with Gasteiger partial charge in [-0.2, -0.15) is 0 Å². The Bertz CT molecular complexity index is 1110. The first-order chi connectivity index (χ1) is 17.5. The van der Waals surface area contributed by atoms with E-state index < -0.39 is 24.0 Å². The third-order valence-corrected chi connectivity index (χ3v) is 5.89. The van der Waals surface area contributed by atoms with Crippen LogP contribution in [-0.4, -0.2) is 61.3 Å². The Morgan fingerprint density at radius 3 is 1.44 bits per heavy atom. The number of unbranched alkanes of at least 4 members (excludes halogenated alkanes) is 3. The van der Waals surface area contributed by atoms with Gasteiger partial charge in [-0.15, -0.1) is 0 Å². The van der Waals surface area contributed by atoms with Crippen LogP contribution in [0, 0.1) is 0 Å². The molecule has 0 bridgehead atoms. The molecule has 36 heavy (non-hydrogen) atoms. The maximum atomic E-state index is 12.0. The molecule has 2 aliphatic rings. The van der Waals surface area contributed by atoms with Gasteiger partial charge in [0.05, 0.1) is 0 Å². The molecule has 0 saturated heterocycles. The zero-order chi connectivity index (χ0) is 25.3. The Hall–Kier alpha value is -3.36. The second-order valence-corrected chi connectivity index (χ2v) is 9.01. The fraction of sp³-hybridized carbons (Fsp3) is 0.308. The lowest BCUT2D eigenvalue weighted by molar-refractivity contribution is -0.134. The van der Waals surface area contributed by atoms with Crippen molar-refractivity contribution in [3.8, 4) is 0 Å². The zero-order valence-electron chi connectivity index (χ0n) is 19.3. The van der Waals surface area contributed by atoms with Crippen molar-refractivity contribution in [3.05, 3.63) is 69.7 Å². The molecule has 2 atom stereocenters. The number of hydrogen-bond donors (Lipinski definition) is 0. The summed E-state index contributed by atoms with van der Waals surface area (Å²) in [5.74, 6) is -0.299. The van der Waals surface area contributed by atoms with E-state index in [9.17, 15) is 9.59 Å². The van der Waals surface area contributed by atoms with Crippen LogP contribution in [0.3, 0.4) is 0 Å². The van der Waals surface area contributed by atoms with Crippen LogP contribution >= 0.6 is 23.2 Å². The Labute approximate surface area is 218 Å². The first-order valence-electron chi connectivity index (χ1n) is 11.6. The van der Waals surface area contributed by atoms with Crippen molar-refractivity contribution in [2.45, 2.75) is 37.8 Å². The lowest BCUT2D eigenvalue weighted by Crippen LogP contribution is -2.16. The molecule has 0 spiro atoms. The summed E-state index contributed by atoms with van der Waals surface area (Å²) in [6.07, 6.45) is 6.81. The SMILES string of the molecule is O=C1OC(c2ccc(Cl)cc2)=NC1C=NCCCCCCN=CC1N=C(c2ccc(Cl)cc2)OC1=O. The lowest BCUT2D eigenvalue weighted by Gasteiger charge is -1.99. The second-order valence-electron chi connectivity index (χ2n) is 8.14. The van der Waals surface area contributed by atoms with E-state index >= 15 is 0 Å². The van der Waals surface area contributed by atoms with Gasteiger partial charge in [0.25, 0.3) is 0 Å². The summed E-state index contributed by atoms with van der Waals surface area (Å²) in [5, 5.41) is 1.20. The predicted molar refractivity (Wildman–Crippen MR) is 141 cm³/mol. The molecule has 2 unspecified atom stereocenters. The van der Waals surface area contributed by atoms with Crippen LogP contribution in [0.4, 0.5) is 0 Å². The molecule has 4 rings (SSSR count). The van der Waals surface area contributed by atoms with Gasteiger partial charge in [-0.1, -0.05) is 36.0 Å². The van der Waals surface area contributed by atoms with Gasteiger partial charge >= 0.3 is 11.9 Å². The number of carbonyl (C=O) groups excluding carboxylic acids is 2. The van der Waals surface area contributed by atoms with Gasteiger partial charge in [-0.05, 0) is 61.4 Å². The highest BCUT2D eigenvalue weighted by atomic mass is 35.5. The number of esters is 2. The van der Waals surface area contributed by atoms with E-state index in [0.717, 1.165) is 25.7 Å². The summed E-state index contributed by atoms with van der Waals surface area (Å²) >= 11 is 11.8. The van der Waals surface area contributed by atoms with Crippen LogP contribution in [0.1, 0.15) is 36.8 Å². The van der Waals surface area contributed by atoms with Gasteiger partial charge in [0.1, 0.15) is 0 Å². The Morgan fingerprint density at radius 2 is 1.06 bits per heavy atom. The molecule has 10 heteroatoms. The predicted octanol–water partition coefficient (Wildman–Crippen LogP) is 4.74. The van der Waals surface area contributed by atoms with Crippen LogP contribution in [-0.2, 0) is 19.1 Å². The Balaban J connectivity index is 1.11. The van der Waals surface area contributed by atoms with E-state index in [2.05, 4.69) is 20.0 Å². The topological polar surface area (TPSA) is 102 Å². The van der Waals surface area contributed by atoms with Crippen molar-refractivity contribution in [3.63, 3.8) is 0 Å². The third kappa shape index (κ3) is 7.08. The normalized spacial score (nSPS) is 19.6. The molecule has 2 aromatic carbocycles. The molecule has 8 nitrogen and oxygen atoms in total. The summed E-state index contributed by atoms with van der Waals surface area (Å²) < 4.78 is 10.5. The molecular formula is C26H24Cl2N4O4. The molecule has 0 aromatic heterocycles. The van der Waals surface area contributed by atoms with Crippen molar-refractivity contribution in [2.75, 3.05) is 13.1 Å². The van der Waals surface area contributed by atoms with Crippen LogP contribution in [0.2, 0.25) is 10.0 Å². The Kier molecular flexibility index (Phi) is 8.97. The van der Waals surface area contributed by atoms with Gasteiger partial charge in [0.2, 0.25) is 11.8 Å². The Morgan fingerprint density at radius 1 is 0.667 bits per heavy atom. The number of ether oxygens (including phenoxy) is 2. The lowest BCUT2D eigenvalue weighted by atomic mass is 10.2. The van der Waals surface area contributed by atoms with E-state index in [1.807, 2.05) is 0 Å². The van der Waals surface area contributed by atoms with Crippen molar-refractivity contribution in [2.24, 2.45) is 20.0 Å². The maximum absolute atomic E-state index is 12.0. The van der Waals surface area contributed by atoms with Crippen molar-refractivity contribution in [1.82, 2.24) is 0 Å². The fourth-order valence-electron chi connectivity index (χ4n) is 3.47. The molecule has 186 valence electrons. The van der Waals surface area contributed by atoms with Gasteiger partial charge < -0.3 is 9.47 Å². The minimum Gasteiger partial charge on any atom is -0.405 e. The van der Waals surface area contributed by atoms with Gasteiger partial charge in [-0.3, -0.25) is 9.98 Å². The van der Waals surface area contributed by atoms with E-state index in [1.54, 1.807) is 48.5 Å². The number of halogens is 2. The number of hydrogen-bond acceptors (Lipinski definition) is 8. The third-order valence-electron chi connectivity index (χ3n) is 5.39. The number of cyclic esters (lactones) is 2. The van der Waals surface area contributed by atoms with Crippen LogP contribution in [0.5, 0.6) is 0 Å². The maximum Gasteiger partial charge on any atom is 0.343 e. The van der Waals surface area contributed by atoms with Gasteiger partial charge in [-0.25, -0.2) is 19.6 Å². The molecule has 0 radical (unpaired) electrons. The second kappa shape index (κ2) is 12.6. The highest BCUT2D eigenvalue weighted by Gasteiger charge is 2.29. The molecule has 2 aromatic rings. The fourth-order valence-corrected chi connectivity index (χ4v) is 3.72. The highest BCUT2D eigenvalue weighted by Crippen LogP contribution is 2.17. The molecule has 0 saturated carbocycles. The first kappa shape index (κ1) is 25.7. The highest BCUT2D eigenvalue weighted by molar-refractivity contribution is 6.31. The summed E-state index contributed by atoms with van der Waals surface area (Å²) in [4.78, 5) is 41.2. The largest absolute Gasteiger partial charge is 0.405 e. The summed E-state index contributed by atoms with van der Waals surface area (Å²) in [6, 6.07) is 12.5. The molecule has 0 fully saturated rings. The van der Waals surface area contributed by atoms with Crippen molar-refractivity contribution in [1.29, 1.82) is 0 Å². The van der Waals surface area contributed by atoms with Crippen LogP contribution in [0.25, 0.3) is 0 Å². The van der Waals surface area contributed by atoms with Gasteiger partial charge in [0.15, 0.2) is 12.1 Å². The van der Waals surface area contributed by atoms with Crippen molar-refractivity contribution < 1.29 is 19.1 Å². The smallest absolute Gasteiger partial charge is 0.343 e. The summed E-state index contributed by atoms with van der Waals surface area (Å²) in [7, 11) is 0. The number of benzene rings is 2. The zero-order valence-corrected chi connectivity index (χ0v) is 20.9. The van der Waals surface area contributed by atoms with Gasteiger partial charge in [0, 0.05) is 46.7 Å². The molecule has 0 N–H and O–H groups in total. The molecule has 0 aliphatic carbocycles. The summed E-state index contributed by atoms with van der Waals surface area (Å²) in [5.41, 5.74) is 1.40. The minimum atomic E-state index is -0.713. The monoisotopic (exact) mass is 526 g/mol. The van der Waals surface area contributed by atoms with E-state index in [0.29, 0.717) is 34.3 Å².